The Hall–Kier alpha value is -0.900. The monoisotopic (exact) mass is 288 g/mol. The van der Waals surface area contributed by atoms with Gasteiger partial charge in [-0.15, -0.1) is 0 Å². The van der Waals surface area contributed by atoms with Crippen molar-refractivity contribution in [3.63, 3.8) is 0 Å². The van der Waals surface area contributed by atoms with Crippen LogP contribution in [-0.4, -0.2) is 43.8 Å². The molecule has 3 rings (SSSR count). The molecule has 0 aromatic heterocycles. The Morgan fingerprint density at radius 3 is 2.48 bits per heavy atom. The summed E-state index contributed by atoms with van der Waals surface area (Å²) < 4.78 is 5.46. The van der Waals surface area contributed by atoms with Gasteiger partial charge in [-0.05, 0) is 49.8 Å². The molecule has 1 aromatic rings. The Labute approximate surface area is 128 Å². The van der Waals surface area contributed by atoms with Gasteiger partial charge in [-0.1, -0.05) is 24.3 Å². The predicted molar refractivity (Wildman–Crippen MR) is 86.5 cm³/mol. The minimum Gasteiger partial charge on any atom is -0.381 e. The van der Waals surface area contributed by atoms with Crippen LogP contribution >= 0.6 is 0 Å². The summed E-state index contributed by atoms with van der Waals surface area (Å²) in [6, 6.07) is 9.76. The molecule has 1 aromatic carbocycles. The molecule has 116 valence electrons. The van der Waals surface area contributed by atoms with Gasteiger partial charge in [-0.2, -0.15) is 0 Å². The van der Waals surface area contributed by atoms with Gasteiger partial charge >= 0.3 is 0 Å². The van der Waals surface area contributed by atoms with E-state index in [4.69, 9.17) is 4.74 Å². The molecular weight excluding hydrogens is 260 g/mol. The highest BCUT2D eigenvalue weighted by Crippen LogP contribution is 2.20. The van der Waals surface area contributed by atoms with E-state index in [9.17, 15) is 0 Å². The summed E-state index contributed by atoms with van der Waals surface area (Å²) in [7, 11) is 1.84. The number of benzene rings is 1. The number of nitrogens with one attached hydrogen (secondary N) is 1. The number of likely N-dealkylation sites (tertiary alicyclic amines) is 1. The SMILES string of the molecule is COC1CCN(Cc2ccccc2CCNC2CC2)CC1. The van der Waals surface area contributed by atoms with Crippen molar-refractivity contribution in [2.45, 2.75) is 50.8 Å². The van der Waals surface area contributed by atoms with Crippen molar-refractivity contribution in [2.24, 2.45) is 0 Å². The van der Waals surface area contributed by atoms with Gasteiger partial charge in [0.15, 0.2) is 0 Å². The van der Waals surface area contributed by atoms with Crippen molar-refractivity contribution in [1.82, 2.24) is 10.2 Å². The van der Waals surface area contributed by atoms with Crippen molar-refractivity contribution in [2.75, 3.05) is 26.7 Å². The van der Waals surface area contributed by atoms with Crippen LogP contribution in [0.15, 0.2) is 24.3 Å². The van der Waals surface area contributed by atoms with Crippen molar-refractivity contribution < 1.29 is 4.74 Å². The summed E-state index contributed by atoms with van der Waals surface area (Å²) in [4.78, 5) is 2.57. The van der Waals surface area contributed by atoms with Crippen molar-refractivity contribution >= 4 is 0 Å². The zero-order chi connectivity index (χ0) is 14.5. The lowest BCUT2D eigenvalue weighted by atomic mass is 10.0. The zero-order valence-electron chi connectivity index (χ0n) is 13.2. The lowest BCUT2D eigenvalue weighted by Gasteiger charge is -2.31. The highest BCUT2D eigenvalue weighted by molar-refractivity contribution is 5.27. The molecule has 1 heterocycles. The van der Waals surface area contributed by atoms with E-state index in [1.165, 1.54) is 36.8 Å². The second kappa shape index (κ2) is 7.39. The quantitative estimate of drug-likeness (QED) is 0.834. The fourth-order valence-electron chi connectivity index (χ4n) is 3.20. The van der Waals surface area contributed by atoms with Gasteiger partial charge in [0.1, 0.15) is 0 Å². The maximum Gasteiger partial charge on any atom is 0.0595 e. The predicted octanol–water partition coefficient (Wildman–Crippen LogP) is 2.59. The highest BCUT2D eigenvalue weighted by Gasteiger charge is 2.21. The molecule has 0 amide bonds. The van der Waals surface area contributed by atoms with Crippen molar-refractivity contribution in [3.8, 4) is 0 Å². The van der Waals surface area contributed by atoms with Gasteiger partial charge in [0.2, 0.25) is 0 Å². The fraction of sp³-hybridized carbons (Fsp3) is 0.667. The van der Waals surface area contributed by atoms with E-state index in [1.807, 2.05) is 7.11 Å². The number of rotatable bonds is 7. The Morgan fingerprint density at radius 1 is 1.10 bits per heavy atom. The summed E-state index contributed by atoms with van der Waals surface area (Å²) in [5, 5.41) is 3.62. The van der Waals surface area contributed by atoms with Gasteiger partial charge in [0.25, 0.3) is 0 Å². The molecule has 0 spiro atoms. The Kier molecular flexibility index (Phi) is 5.28. The second-order valence-corrected chi connectivity index (χ2v) is 6.46. The van der Waals surface area contributed by atoms with Gasteiger partial charge in [-0.25, -0.2) is 0 Å². The first-order valence-electron chi connectivity index (χ1n) is 8.40. The van der Waals surface area contributed by atoms with Crippen LogP contribution < -0.4 is 5.32 Å². The second-order valence-electron chi connectivity index (χ2n) is 6.46. The van der Waals surface area contributed by atoms with Crippen molar-refractivity contribution in [3.05, 3.63) is 35.4 Å². The van der Waals surface area contributed by atoms with Gasteiger partial charge in [0, 0.05) is 32.8 Å². The number of hydrogen-bond donors (Lipinski definition) is 1. The maximum absolute atomic E-state index is 5.46. The number of methoxy groups -OCH3 is 1. The third-order valence-corrected chi connectivity index (χ3v) is 4.78. The summed E-state index contributed by atoms with van der Waals surface area (Å²) in [5.74, 6) is 0. The standard InChI is InChI=1S/C18H28N2O/c1-21-18-9-12-20(13-10-18)14-16-5-3-2-4-15(16)8-11-19-17-6-7-17/h2-5,17-19H,6-14H2,1H3. The molecule has 1 N–H and O–H groups in total. The summed E-state index contributed by atoms with van der Waals surface area (Å²) in [6.45, 7) is 4.53. The van der Waals surface area contributed by atoms with Crippen LogP contribution in [0, 0.1) is 0 Å². The third kappa shape index (κ3) is 4.53. The first kappa shape index (κ1) is 15.0. The van der Waals surface area contributed by atoms with E-state index in [2.05, 4.69) is 34.5 Å². The molecule has 0 radical (unpaired) electrons. The smallest absolute Gasteiger partial charge is 0.0595 e. The molecule has 2 fully saturated rings. The van der Waals surface area contributed by atoms with Crippen LogP contribution in [0.1, 0.15) is 36.8 Å². The maximum atomic E-state index is 5.46. The topological polar surface area (TPSA) is 24.5 Å². The molecular formula is C18H28N2O. The molecule has 1 saturated heterocycles. The van der Waals surface area contributed by atoms with E-state index in [1.54, 1.807) is 0 Å². The lowest BCUT2D eigenvalue weighted by molar-refractivity contribution is 0.0388. The number of piperidine rings is 1. The average Bonchev–Trinajstić information content (AvgIpc) is 3.34. The first-order chi connectivity index (χ1) is 10.3. The van der Waals surface area contributed by atoms with Crippen LogP contribution in [0.25, 0.3) is 0 Å². The summed E-state index contributed by atoms with van der Waals surface area (Å²) in [6.07, 6.45) is 6.70. The summed E-state index contributed by atoms with van der Waals surface area (Å²) >= 11 is 0. The van der Waals surface area contributed by atoms with Gasteiger partial charge in [0.05, 0.1) is 6.10 Å². The van der Waals surface area contributed by atoms with E-state index < -0.39 is 0 Å². The minimum absolute atomic E-state index is 0.472. The Balaban J connectivity index is 1.51. The molecule has 1 saturated carbocycles. The fourth-order valence-corrected chi connectivity index (χ4v) is 3.20. The molecule has 0 atom stereocenters. The number of hydrogen-bond acceptors (Lipinski definition) is 3. The molecule has 1 aliphatic carbocycles. The lowest BCUT2D eigenvalue weighted by Crippen LogP contribution is -2.36. The van der Waals surface area contributed by atoms with E-state index in [-0.39, 0.29) is 0 Å². The molecule has 21 heavy (non-hydrogen) atoms. The summed E-state index contributed by atoms with van der Waals surface area (Å²) in [5.41, 5.74) is 3.02. The minimum atomic E-state index is 0.472. The van der Waals surface area contributed by atoms with Crippen molar-refractivity contribution in [1.29, 1.82) is 0 Å². The van der Waals surface area contributed by atoms with Crippen LogP contribution in [0.3, 0.4) is 0 Å². The zero-order valence-corrected chi connectivity index (χ0v) is 13.2. The van der Waals surface area contributed by atoms with E-state index in [0.717, 1.165) is 38.6 Å². The number of nitrogens with zero attached hydrogens (tertiary/aromatic N) is 1. The van der Waals surface area contributed by atoms with E-state index >= 15 is 0 Å². The van der Waals surface area contributed by atoms with Crippen LogP contribution in [0.2, 0.25) is 0 Å². The van der Waals surface area contributed by atoms with Gasteiger partial charge < -0.3 is 10.1 Å². The first-order valence-corrected chi connectivity index (χ1v) is 8.40. The highest BCUT2D eigenvalue weighted by atomic mass is 16.5. The van der Waals surface area contributed by atoms with Crippen LogP contribution in [-0.2, 0) is 17.7 Å². The molecule has 0 unspecified atom stereocenters. The molecule has 3 nitrogen and oxygen atoms in total. The number of ether oxygens (including phenoxy) is 1. The van der Waals surface area contributed by atoms with Crippen LogP contribution in [0.4, 0.5) is 0 Å². The molecule has 3 heteroatoms. The van der Waals surface area contributed by atoms with E-state index in [0.29, 0.717) is 6.10 Å². The van der Waals surface area contributed by atoms with Gasteiger partial charge in [-0.3, -0.25) is 4.90 Å². The normalized spacial score (nSPS) is 20.8. The molecule has 0 bridgehead atoms. The molecule has 1 aliphatic heterocycles. The Bertz CT molecular complexity index is 437. The molecule has 2 aliphatic rings. The largest absolute Gasteiger partial charge is 0.381 e. The third-order valence-electron chi connectivity index (χ3n) is 4.78. The average molecular weight is 288 g/mol. The Morgan fingerprint density at radius 2 is 1.81 bits per heavy atom. The van der Waals surface area contributed by atoms with Crippen LogP contribution in [0.5, 0.6) is 0 Å².